The molecular formula is C8H13NO2. The number of nitro groups is 1. The third-order valence-electron chi connectivity index (χ3n) is 3.54. The van der Waals surface area contributed by atoms with Gasteiger partial charge in [0, 0.05) is 24.2 Å². The molecule has 3 atom stereocenters. The first-order valence-corrected chi connectivity index (χ1v) is 4.27. The maximum absolute atomic E-state index is 10.7. The van der Waals surface area contributed by atoms with Crippen molar-refractivity contribution in [3.8, 4) is 0 Å². The fraction of sp³-hybridized carbons (Fsp3) is 1.00. The van der Waals surface area contributed by atoms with Gasteiger partial charge in [0.1, 0.15) is 0 Å². The molecule has 0 spiro atoms. The molecule has 0 heterocycles. The normalized spacial score (nSPS) is 48.1. The van der Waals surface area contributed by atoms with E-state index < -0.39 is 5.54 Å². The minimum atomic E-state index is -0.567. The van der Waals surface area contributed by atoms with Crippen molar-refractivity contribution in [2.45, 2.75) is 38.1 Å². The van der Waals surface area contributed by atoms with Gasteiger partial charge in [0.15, 0.2) is 0 Å². The predicted molar refractivity (Wildman–Crippen MR) is 40.8 cm³/mol. The Labute approximate surface area is 65.9 Å². The predicted octanol–water partition coefficient (Wildman–Crippen LogP) is 1.84. The fourth-order valence-electron chi connectivity index (χ4n) is 2.80. The van der Waals surface area contributed by atoms with E-state index in [9.17, 15) is 10.1 Å². The van der Waals surface area contributed by atoms with Crippen LogP contribution in [0.1, 0.15) is 32.6 Å². The van der Waals surface area contributed by atoms with Crippen molar-refractivity contribution in [3.63, 3.8) is 0 Å². The van der Waals surface area contributed by atoms with E-state index in [0.29, 0.717) is 11.8 Å². The number of rotatable bonds is 1. The summed E-state index contributed by atoms with van der Waals surface area (Å²) in [5, 5.41) is 10.7. The lowest BCUT2D eigenvalue weighted by Crippen LogP contribution is -2.40. The van der Waals surface area contributed by atoms with Gasteiger partial charge in [-0.05, 0) is 25.2 Å². The van der Waals surface area contributed by atoms with E-state index in [-0.39, 0.29) is 4.92 Å². The summed E-state index contributed by atoms with van der Waals surface area (Å²) in [6.45, 7) is 1.82. The first-order chi connectivity index (χ1) is 5.13. The Morgan fingerprint density at radius 3 is 2.55 bits per heavy atom. The van der Waals surface area contributed by atoms with E-state index in [2.05, 4.69) is 0 Å². The van der Waals surface area contributed by atoms with E-state index in [1.807, 2.05) is 6.92 Å². The fourth-order valence-corrected chi connectivity index (χ4v) is 2.80. The first kappa shape index (κ1) is 7.07. The second-order valence-electron chi connectivity index (χ2n) is 4.19. The minimum Gasteiger partial charge on any atom is -0.264 e. The summed E-state index contributed by atoms with van der Waals surface area (Å²) in [6.07, 6.45) is 4.25. The molecular weight excluding hydrogens is 142 g/mol. The van der Waals surface area contributed by atoms with Crippen molar-refractivity contribution in [2.75, 3.05) is 0 Å². The topological polar surface area (TPSA) is 43.1 Å². The Morgan fingerprint density at radius 2 is 2.27 bits per heavy atom. The van der Waals surface area contributed by atoms with E-state index in [1.165, 1.54) is 6.42 Å². The standard InChI is InChI=1S/C8H13NO2/c1-8(9(10)11)5-6-2-3-7(8)4-6/h6-7H,2-5H2,1H3/t6-,7+,8+/m0/s1. The molecule has 2 saturated carbocycles. The van der Waals surface area contributed by atoms with Gasteiger partial charge in [-0.2, -0.15) is 0 Å². The third-order valence-corrected chi connectivity index (χ3v) is 3.54. The van der Waals surface area contributed by atoms with Crippen LogP contribution >= 0.6 is 0 Å². The SMILES string of the molecule is C[C@@]1([N+](=O)[O-])C[C@H]2CC[C@@H]1C2. The summed E-state index contributed by atoms with van der Waals surface area (Å²) in [5.74, 6) is 1.04. The zero-order valence-corrected chi connectivity index (χ0v) is 6.75. The number of hydrogen-bond donors (Lipinski definition) is 0. The lowest BCUT2D eigenvalue weighted by Gasteiger charge is -2.24. The van der Waals surface area contributed by atoms with Crippen LogP contribution in [0.5, 0.6) is 0 Å². The third kappa shape index (κ3) is 0.798. The van der Waals surface area contributed by atoms with Crippen molar-refractivity contribution in [3.05, 3.63) is 10.1 Å². The summed E-state index contributed by atoms with van der Waals surface area (Å²) >= 11 is 0. The molecule has 2 fully saturated rings. The highest BCUT2D eigenvalue weighted by Crippen LogP contribution is 2.51. The average Bonchev–Trinajstić information content (AvgIpc) is 2.45. The van der Waals surface area contributed by atoms with Crippen molar-refractivity contribution in [1.29, 1.82) is 0 Å². The molecule has 2 rings (SSSR count). The van der Waals surface area contributed by atoms with Crippen LogP contribution in [0.3, 0.4) is 0 Å². The summed E-state index contributed by atoms with van der Waals surface area (Å²) in [5.41, 5.74) is -0.567. The van der Waals surface area contributed by atoms with Gasteiger partial charge in [0.2, 0.25) is 5.54 Å². The van der Waals surface area contributed by atoms with Crippen molar-refractivity contribution < 1.29 is 4.92 Å². The van der Waals surface area contributed by atoms with Gasteiger partial charge in [-0.15, -0.1) is 0 Å². The summed E-state index contributed by atoms with van der Waals surface area (Å²) in [4.78, 5) is 10.7. The first-order valence-electron chi connectivity index (χ1n) is 4.27. The van der Waals surface area contributed by atoms with Crippen LogP contribution in [0, 0.1) is 22.0 Å². The highest BCUT2D eigenvalue weighted by molar-refractivity contribution is 4.98. The largest absolute Gasteiger partial charge is 0.264 e. The second-order valence-corrected chi connectivity index (χ2v) is 4.19. The van der Waals surface area contributed by atoms with E-state index in [0.717, 1.165) is 19.3 Å². The molecule has 3 nitrogen and oxygen atoms in total. The lowest BCUT2D eigenvalue weighted by atomic mass is 9.83. The molecule has 0 unspecified atom stereocenters. The van der Waals surface area contributed by atoms with Crippen LogP contribution in [0.4, 0.5) is 0 Å². The number of nitrogens with zero attached hydrogens (tertiary/aromatic N) is 1. The molecule has 11 heavy (non-hydrogen) atoms. The second kappa shape index (κ2) is 1.96. The van der Waals surface area contributed by atoms with Crippen LogP contribution in [-0.4, -0.2) is 10.5 Å². The molecule has 0 aromatic rings. The number of hydrogen-bond acceptors (Lipinski definition) is 2. The molecule has 0 radical (unpaired) electrons. The van der Waals surface area contributed by atoms with E-state index >= 15 is 0 Å². The molecule has 0 aromatic carbocycles. The summed E-state index contributed by atoms with van der Waals surface area (Å²) in [6, 6.07) is 0. The van der Waals surface area contributed by atoms with E-state index in [1.54, 1.807) is 0 Å². The smallest absolute Gasteiger partial charge is 0.222 e. The van der Waals surface area contributed by atoms with Gasteiger partial charge in [-0.3, -0.25) is 10.1 Å². The zero-order chi connectivity index (χ0) is 8.06. The van der Waals surface area contributed by atoms with E-state index in [4.69, 9.17) is 0 Å². The Hall–Kier alpha value is -0.600. The molecule has 2 aliphatic carbocycles. The number of fused-ring (bicyclic) bond motifs is 2. The Kier molecular flexibility index (Phi) is 1.26. The molecule has 0 aliphatic heterocycles. The van der Waals surface area contributed by atoms with Crippen molar-refractivity contribution in [1.82, 2.24) is 0 Å². The molecule has 0 saturated heterocycles. The Balaban J connectivity index is 2.23. The monoisotopic (exact) mass is 155 g/mol. The molecule has 2 bridgehead atoms. The van der Waals surface area contributed by atoms with Gasteiger partial charge in [0.05, 0.1) is 0 Å². The van der Waals surface area contributed by atoms with Gasteiger partial charge in [-0.1, -0.05) is 0 Å². The highest BCUT2D eigenvalue weighted by atomic mass is 16.6. The summed E-state index contributed by atoms with van der Waals surface area (Å²) in [7, 11) is 0. The maximum Gasteiger partial charge on any atom is 0.222 e. The Morgan fingerprint density at radius 1 is 1.55 bits per heavy atom. The zero-order valence-electron chi connectivity index (χ0n) is 6.75. The van der Waals surface area contributed by atoms with Gasteiger partial charge >= 0.3 is 0 Å². The van der Waals surface area contributed by atoms with Crippen LogP contribution in [0.2, 0.25) is 0 Å². The van der Waals surface area contributed by atoms with Crippen LogP contribution in [0.15, 0.2) is 0 Å². The molecule has 2 aliphatic rings. The quantitative estimate of drug-likeness (QED) is 0.428. The summed E-state index contributed by atoms with van der Waals surface area (Å²) < 4.78 is 0. The lowest BCUT2D eigenvalue weighted by molar-refractivity contribution is -0.574. The van der Waals surface area contributed by atoms with Crippen molar-refractivity contribution >= 4 is 0 Å². The van der Waals surface area contributed by atoms with Crippen molar-refractivity contribution in [2.24, 2.45) is 11.8 Å². The molecule has 0 N–H and O–H groups in total. The molecule has 3 heteroatoms. The van der Waals surface area contributed by atoms with Crippen LogP contribution in [0.25, 0.3) is 0 Å². The molecule has 62 valence electrons. The van der Waals surface area contributed by atoms with Gasteiger partial charge < -0.3 is 0 Å². The average molecular weight is 155 g/mol. The van der Waals surface area contributed by atoms with Gasteiger partial charge in [-0.25, -0.2) is 0 Å². The minimum absolute atomic E-state index is 0.0587. The molecule has 0 amide bonds. The molecule has 0 aromatic heterocycles. The Bertz CT molecular complexity index is 204. The highest BCUT2D eigenvalue weighted by Gasteiger charge is 2.56. The van der Waals surface area contributed by atoms with Gasteiger partial charge in [0.25, 0.3) is 0 Å². The van der Waals surface area contributed by atoms with Crippen LogP contribution in [-0.2, 0) is 0 Å². The maximum atomic E-state index is 10.7. The van der Waals surface area contributed by atoms with Crippen LogP contribution < -0.4 is 0 Å².